The van der Waals surface area contributed by atoms with E-state index in [0.29, 0.717) is 11.7 Å². The van der Waals surface area contributed by atoms with Crippen LogP contribution in [-0.2, 0) is 4.79 Å². The second kappa shape index (κ2) is 4.51. The lowest BCUT2D eigenvalue weighted by atomic mass is 9.75. The Kier molecular flexibility index (Phi) is 2.98. The summed E-state index contributed by atoms with van der Waals surface area (Å²) in [6.07, 6.45) is 3.07. The summed E-state index contributed by atoms with van der Waals surface area (Å²) >= 11 is 0. The maximum Gasteiger partial charge on any atom is 0.142 e. The number of Topliss-reactive ketones (excluding diaryl/α,β-unsaturated/α-hetero) is 1. The van der Waals surface area contributed by atoms with Crippen LogP contribution in [0.1, 0.15) is 37.7 Å². The fourth-order valence-electron chi connectivity index (χ4n) is 3.23. The van der Waals surface area contributed by atoms with Gasteiger partial charge in [0.2, 0.25) is 0 Å². The molecule has 18 heavy (non-hydrogen) atoms. The van der Waals surface area contributed by atoms with E-state index >= 15 is 0 Å². The highest BCUT2D eigenvalue weighted by Crippen LogP contribution is 2.52. The average Bonchev–Trinajstić information content (AvgIpc) is 3.20. The number of hydrogen-bond donors (Lipinski definition) is 1. The Labute approximate surface area is 109 Å². The lowest BCUT2D eigenvalue weighted by Gasteiger charge is -2.32. The van der Waals surface area contributed by atoms with Gasteiger partial charge in [0.05, 0.1) is 0 Å². The van der Waals surface area contributed by atoms with E-state index in [-0.39, 0.29) is 11.3 Å². The fraction of sp³-hybridized carbons (Fsp3) is 0.562. The van der Waals surface area contributed by atoms with Crippen LogP contribution in [0.3, 0.4) is 0 Å². The monoisotopic (exact) mass is 243 g/mol. The standard InChI is InChI=1S/C16H21NO/c1-16(7-9-17-10-8-16)15(18)14-11-13(14)12-5-3-2-4-6-12/h2-6,13-14,17H,7-11H2,1H3. The molecule has 96 valence electrons. The quantitative estimate of drug-likeness (QED) is 0.884. The molecule has 1 aliphatic carbocycles. The van der Waals surface area contributed by atoms with Crippen molar-refractivity contribution in [3.8, 4) is 0 Å². The highest BCUT2D eigenvalue weighted by molar-refractivity contribution is 5.90. The van der Waals surface area contributed by atoms with Crippen LogP contribution in [0, 0.1) is 11.3 Å². The molecule has 2 aliphatic rings. The van der Waals surface area contributed by atoms with Crippen LogP contribution in [0.5, 0.6) is 0 Å². The third-order valence-corrected chi connectivity index (χ3v) is 4.66. The maximum atomic E-state index is 12.6. The molecular weight excluding hydrogens is 222 g/mol. The van der Waals surface area contributed by atoms with Crippen molar-refractivity contribution in [1.82, 2.24) is 5.32 Å². The summed E-state index contributed by atoms with van der Waals surface area (Å²) < 4.78 is 0. The number of hydrogen-bond acceptors (Lipinski definition) is 2. The van der Waals surface area contributed by atoms with Crippen LogP contribution in [0.4, 0.5) is 0 Å². The van der Waals surface area contributed by atoms with Crippen LogP contribution in [0.2, 0.25) is 0 Å². The zero-order valence-corrected chi connectivity index (χ0v) is 11.0. The second-order valence-corrected chi connectivity index (χ2v) is 6.03. The first-order valence-corrected chi connectivity index (χ1v) is 7.01. The molecular formula is C16H21NO. The van der Waals surface area contributed by atoms with E-state index in [0.717, 1.165) is 32.4 Å². The van der Waals surface area contributed by atoms with Gasteiger partial charge >= 0.3 is 0 Å². The minimum absolute atomic E-state index is 0.0700. The van der Waals surface area contributed by atoms with Crippen molar-refractivity contribution in [1.29, 1.82) is 0 Å². The van der Waals surface area contributed by atoms with Gasteiger partial charge in [0, 0.05) is 11.3 Å². The Morgan fingerprint density at radius 1 is 1.22 bits per heavy atom. The van der Waals surface area contributed by atoms with Crippen molar-refractivity contribution in [3.05, 3.63) is 35.9 Å². The molecule has 0 amide bonds. The van der Waals surface area contributed by atoms with E-state index in [1.54, 1.807) is 0 Å². The van der Waals surface area contributed by atoms with Crippen LogP contribution in [-0.4, -0.2) is 18.9 Å². The number of piperidine rings is 1. The molecule has 2 nitrogen and oxygen atoms in total. The zero-order valence-electron chi connectivity index (χ0n) is 11.0. The summed E-state index contributed by atoms with van der Waals surface area (Å²) in [7, 11) is 0. The number of nitrogens with one attached hydrogen (secondary N) is 1. The summed E-state index contributed by atoms with van der Waals surface area (Å²) in [5.74, 6) is 1.29. The first-order valence-electron chi connectivity index (χ1n) is 7.01. The molecule has 1 saturated heterocycles. The predicted molar refractivity (Wildman–Crippen MR) is 72.5 cm³/mol. The van der Waals surface area contributed by atoms with Crippen molar-refractivity contribution < 1.29 is 4.79 Å². The van der Waals surface area contributed by atoms with Gasteiger partial charge in [0.25, 0.3) is 0 Å². The van der Waals surface area contributed by atoms with Crippen molar-refractivity contribution in [2.24, 2.45) is 11.3 Å². The molecule has 1 aliphatic heterocycles. The van der Waals surface area contributed by atoms with Gasteiger partial charge < -0.3 is 5.32 Å². The van der Waals surface area contributed by atoms with Crippen LogP contribution in [0.25, 0.3) is 0 Å². The second-order valence-electron chi connectivity index (χ2n) is 6.03. The third kappa shape index (κ3) is 2.10. The van der Waals surface area contributed by atoms with Crippen molar-refractivity contribution >= 4 is 5.78 Å². The zero-order chi connectivity index (χ0) is 12.6. The van der Waals surface area contributed by atoms with E-state index in [2.05, 4.69) is 36.5 Å². The molecule has 0 bridgehead atoms. The lowest BCUT2D eigenvalue weighted by Crippen LogP contribution is -2.40. The van der Waals surface area contributed by atoms with Gasteiger partial charge in [0.15, 0.2) is 0 Å². The number of ketones is 1. The number of rotatable bonds is 3. The predicted octanol–water partition coefficient (Wildman–Crippen LogP) is 2.75. The largest absolute Gasteiger partial charge is 0.317 e. The Morgan fingerprint density at radius 3 is 2.56 bits per heavy atom. The van der Waals surface area contributed by atoms with Crippen molar-refractivity contribution in [2.75, 3.05) is 13.1 Å². The van der Waals surface area contributed by atoms with E-state index in [1.165, 1.54) is 5.56 Å². The minimum atomic E-state index is -0.0700. The van der Waals surface area contributed by atoms with Gasteiger partial charge in [-0.2, -0.15) is 0 Å². The van der Waals surface area contributed by atoms with Crippen LogP contribution < -0.4 is 5.32 Å². The first kappa shape index (κ1) is 11.9. The number of carbonyl (C=O) groups excluding carboxylic acids is 1. The summed E-state index contributed by atoms with van der Waals surface area (Å²) in [4.78, 5) is 12.6. The van der Waals surface area contributed by atoms with Gasteiger partial charge in [-0.3, -0.25) is 4.79 Å². The van der Waals surface area contributed by atoms with Gasteiger partial charge in [-0.15, -0.1) is 0 Å². The molecule has 2 unspecified atom stereocenters. The number of benzene rings is 1. The van der Waals surface area contributed by atoms with Crippen LogP contribution in [0.15, 0.2) is 30.3 Å². The molecule has 0 spiro atoms. The lowest BCUT2D eigenvalue weighted by molar-refractivity contribution is -0.130. The summed E-state index contributed by atoms with van der Waals surface area (Å²) in [6, 6.07) is 10.5. The van der Waals surface area contributed by atoms with Gasteiger partial charge in [-0.25, -0.2) is 0 Å². The third-order valence-electron chi connectivity index (χ3n) is 4.66. The van der Waals surface area contributed by atoms with Gasteiger partial charge in [-0.05, 0) is 43.8 Å². The molecule has 2 atom stereocenters. The highest BCUT2D eigenvalue weighted by Gasteiger charge is 2.50. The number of carbonyl (C=O) groups is 1. The molecule has 2 heteroatoms. The Bertz CT molecular complexity index is 434. The van der Waals surface area contributed by atoms with E-state index in [1.807, 2.05) is 6.07 Å². The Morgan fingerprint density at radius 2 is 1.89 bits per heavy atom. The topological polar surface area (TPSA) is 29.1 Å². The molecule has 0 aromatic heterocycles. The first-order chi connectivity index (χ1) is 8.71. The van der Waals surface area contributed by atoms with E-state index in [4.69, 9.17) is 0 Å². The van der Waals surface area contributed by atoms with E-state index < -0.39 is 0 Å². The van der Waals surface area contributed by atoms with E-state index in [9.17, 15) is 4.79 Å². The molecule has 1 heterocycles. The normalized spacial score (nSPS) is 29.8. The molecule has 2 fully saturated rings. The molecule has 1 aromatic carbocycles. The van der Waals surface area contributed by atoms with Crippen molar-refractivity contribution in [3.63, 3.8) is 0 Å². The summed E-state index contributed by atoms with van der Waals surface area (Å²) in [5.41, 5.74) is 1.27. The Hall–Kier alpha value is -1.15. The summed E-state index contributed by atoms with van der Waals surface area (Å²) in [5, 5.41) is 3.34. The molecule has 0 radical (unpaired) electrons. The Balaban J connectivity index is 1.69. The molecule has 3 rings (SSSR count). The smallest absolute Gasteiger partial charge is 0.142 e. The summed E-state index contributed by atoms with van der Waals surface area (Å²) in [6.45, 7) is 4.15. The molecule has 1 saturated carbocycles. The minimum Gasteiger partial charge on any atom is -0.317 e. The fourth-order valence-corrected chi connectivity index (χ4v) is 3.23. The van der Waals surface area contributed by atoms with Gasteiger partial charge in [-0.1, -0.05) is 37.3 Å². The highest BCUT2D eigenvalue weighted by atomic mass is 16.1. The molecule has 1 aromatic rings. The molecule has 1 N–H and O–H groups in total. The van der Waals surface area contributed by atoms with Crippen LogP contribution >= 0.6 is 0 Å². The SMILES string of the molecule is CC1(C(=O)C2CC2c2ccccc2)CCNCC1. The van der Waals surface area contributed by atoms with Crippen molar-refractivity contribution in [2.45, 2.75) is 32.1 Å². The van der Waals surface area contributed by atoms with Gasteiger partial charge in [0.1, 0.15) is 5.78 Å². The average molecular weight is 243 g/mol. The maximum absolute atomic E-state index is 12.6.